The lowest BCUT2D eigenvalue weighted by atomic mass is 9.97. The van der Waals surface area contributed by atoms with Crippen LogP contribution in [0, 0.1) is 0 Å². The Bertz CT molecular complexity index is 552. The average Bonchev–Trinajstić information content (AvgIpc) is 3.07. The monoisotopic (exact) mass is 305 g/mol. The quantitative estimate of drug-likeness (QED) is 0.473. The van der Waals surface area contributed by atoms with Gasteiger partial charge in [0.05, 0.1) is 19.9 Å². The smallest absolute Gasteiger partial charge is 0.324 e. The van der Waals surface area contributed by atoms with Crippen LogP contribution in [0.4, 0.5) is 5.69 Å². The summed E-state index contributed by atoms with van der Waals surface area (Å²) in [6.45, 7) is 1.73. The normalized spacial score (nSPS) is 14.6. The van der Waals surface area contributed by atoms with Crippen molar-refractivity contribution in [3.8, 4) is 0 Å². The molecule has 0 amide bonds. The van der Waals surface area contributed by atoms with E-state index in [0.29, 0.717) is 11.3 Å². The van der Waals surface area contributed by atoms with E-state index in [1.807, 2.05) is 5.01 Å². The van der Waals surface area contributed by atoms with Crippen molar-refractivity contribution in [2.75, 3.05) is 27.3 Å². The van der Waals surface area contributed by atoms with Crippen LogP contribution >= 0.6 is 0 Å². The Morgan fingerprint density at radius 1 is 1.09 bits per heavy atom. The van der Waals surface area contributed by atoms with Gasteiger partial charge in [0.15, 0.2) is 5.92 Å². The molecule has 1 heterocycles. The molecule has 0 atom stereocenters. The number of ether oxygens (including phenoxy) is 2. The molecule has 0 N–H and O–H groups in total. The van der Waals surface area contributed by atoms with E-state index in [-0.39, 0.29) is 0 Å². The van der Waals surface area contributed by atoms with Gasteiger partial charge >= 0.3 is 11.9 Å². The van der Waals surface area contributed by atoms with Gasteiger partial charge in [0.25, 0.3) is 0 Å². The zero-order chi connectivity index (χ0) is 15.9. The molecule has 0 aliphatic carbocycles. The van der Waals surface area contributed by atoms with E-state index < -0.39 is 17.9 Å². The van der Waals surface area contributed by atoms with Gasteiger partial charge in [-0.2, -0.15) is 0 Å². The number of methoxy groups -OCH3 is 2. The first-order valence-corrected chi connectivity index (χ1v) is 7.08. The van der Waals surface area contributed by atoms with E-state index in [4.69, 9.17) is 9.47 Å². The molecule has 0 spiro atoms. The summed E-state index contributed by atoms with van der Waals surface area (Å²) in [4.78, 5) is 23.8. The third kappa shape index (κ3) is 3.60. The lowest BCUT2D eigenvalue weighted by molar-refractivity contribution is -0.154. The molecule has 118 valence electrons. The summed E-state index contributed by atoms with van der Waals surface area (Å²) >= 11 is 0. The Balaban J connectivity index is 2.31. The highest BCUT2D eigenvalue weighted by Crippen LogP contribution is 2.29. The summed E-state index contributed by atoms with van der Waals surface area (Å²) < 4.78 is 9.40. The molecule has 7 nitrogen and oxygen atoms in total. The van der Waals surface area contributed by atoms with Gasteiger partial charge < -0.3 is 9.47 Å². The average molecular weight is 305 g/mol. The largest absolute Gasteiger partial charge is 0.468 e. The molecule has 0 saturated carbocycles. The number of esters is 2. The summed E-state index contributed by atoms with van der Waals surface area (Å²) in [6, 6.07) is 6.85. The Morgan fingerprint density at radius 3 is 2.27 bits per heavy atom. The molecule has 1 aliphatic rings. The van der Waals surface area contributed by atoms with Crippen molar-refractivity contribution in [2.24, 2.45) is 10.3 Å². The van der Waals surface area contributed by atoms with E-state index in [1.165, 1.54) is 14.2 Å². The third-order valence-corrected chi connectivity index (χ3v) is 3.48. The molecule has 1 aliphatic heterocycles. The molecule has 1 saturated heterocycles. The molecule has 0 radical (unpaired) electrons. The zero-order valence-electron chi connectivity index (χ0n) is 12.7. The maximum Gasteiger partial charge on any atom is 0.324 e. The number of nitrogens with zero attached hydrogens (tertiary/aromatic N) is 3. The van der Waals surface area contributed by atoms with Crippen molar-refractivity contribution in [3.05, 3.63) is 29.8 Å². The predicted octanol–water partition coefficient (Wildman–Crippen LogP) is 2.21. The third-order valence-electron chi connectivity index (χ3n) is 3.48. The van der Waals surface area contributed by atoms with Gasteiger partial charge in [0.1, 0.15) is 0 Å². The van der Waals surface area contributed by atoms with Crippen LogP contribution < -0.4 is 0 Å². The fourth-order valence-corrected chi connectivity index (χ4v) is 2.31. The number of rotatable bonds is 5. The topological polar surface area (TPSA) is 80.6 Å². The highest BCUT2D eigenvalue weighted by atomic mass is 16.5. The van der Waals surface area contributed by atoms with Crippen LogP contribution in [-0.4, -0.2) is 44.3 Å². The predicted molar refractivity (Wildman–Crippen MR) is 78.5 cm³/mol. The van der Waals surface area contributed by atoms with Gasteiger partial charge in [0.2, 0.25) is 0 Å². The van der Waals surface area contributed by atoms with Gasteiger partial charge in [-0.15, -0.1) is 5.11 Å². The van der Waals surface area contributed by atoms with Gasteiger partial charge in [-0.25, -0.2) is 0 Å². The van der Waals surface area contributed by atoms with Crippen LogP contribution in [0.25, 0.3) is 0 Å². The minimum atomic E-state index is -1.16. The van der Waals surface area contributed by atoms with Crippen molar-refractivity contribution in [2.45, 2.75) is 18.8 Å². The first-order valence-electron chi connectivity index (χ1n) is 7.08. The lowest BCUT2D eigenvalue weighted by Crippen LogP contribution is -2.24. The fraction of sp³-hybridized carbons (Fsp3) is 0.467. The summed E-state index contributed by atoms with van der Waals surface area (Å²) in [5.41, 5.74) is 0.874. The number of hydrogen-bond acceptors (Lipinski definition) is 6. The molecule has 7 heteroatoms. The van der Waals surface area contributed by atoms with E-state index in [1.54, 1.807) is 24.3 Å². The Hall–Kier alpha value is -2.44. The first-order chi connectivity index (χ1) is 10.7. The molecule has 1 aromatic rings. The fourth-order valence-electron chi connectivity index (χ4n) is 2.31. The maximum absolute atomic E-state index is 11.9. The van der Waals surface area contributed by atoms with Crippen LogP contribution in [0.1, 0.15) is 24.3 Å². The van der Waals surface area contributed by atoms with Crippen molar-refractivity contribution in [1.82, 2.24) is 5.01 Å². The molecule has 0 aromatic heterocycles. The van der Waals surface area contributed by atoms with Crippen LogP contribution in [0.5, 0.6) is 0 Å². The molecular weight excluding hydrogens is 286 g/mol. The van der Waals surface area contributed by atoms with Crippen molar-refractivity contribution in [1.29, 1.82) is 0 Å². The Kier molecular flexibility index (Phi) is 5.46. The summed E-state index contributed by atoms with van der Waals surface area (Å²) in [6.07, 6.45) is 2.18. The van der Waals surface area contributed by atoms with E-state index in [0.717, 1.165) is 25.9 Å². The minimum Gasteiger partial charge on any atom is -0.468 e. The first kappa shape index (κ1) is 15.9. The molecule has 0 bridgehead atoms. The van der Waals surface area contributed by atoms with E-state index in [9.17, 15) is 9.59 Å². The van der Waals surface area contributed by atoms with Crippen molar-refractivity contribution in [3.63, 3.8) is 0 Å². The highest BCUT2D eigenvalue weighted by molar-refractivity contribution is 6.01. The molecule has 0 unspecified atom stereocenters. The molecule has 1 fully saturated rings. The standard InChI is InChI=1S/C15H19N3O4/c1-21-14(19)13(15(20)22-2)11-7-3-4-8-12(11)16-17-18-9-5-6-10-18/h3-4,7-8,13H,5-6,9-10H2,1-2H3. The zero-order valence-corrected chi connectivity index (χ0v) is 12.7. The van der Waals surface area contributed by atoms with E-state index in [2.05, 4.69) is 10.3 Å². The maximum atomic E-state index is 11.9. The Morgan fingerprint density at radius 2 is 1.68 bits per heavy atom. The number of carbonyl (C=O) groups excluding carboxylic acids is 2. The highest BCUT2D eigenvalue weighted by Gasteiger charge is 2.32. The Labute approximate surface area is 128 Å². The van der Waals surface area contributed by atoms with Gasteiger partial charge in [-0.1, -0.05) is 23.4 Å². The van der Waals surface area contributed by atoms with Gasteiger partial charge in [0, 0.05) is 18.7 Å². The minimum absolute atomic E-state index is 0.421. The molecule has 1 aromatic carbocycles. The van der Waals surface area contributed by atoms with Gasteiger partial charge in [-0.3, -0.25) is 14.6 Å². The van der Waals surface area contributed by atoms with Gasteiger partial charge in [-0.05, 0) is 18.9 Å². The second-order valence-corrected chi connectivity index (χ2v) is 4.89. The second-order valence-electron chi connectivity index (χ2n) is 4.89. The second kappa shape index (κ2) is 7.53. The number of benzene rings is 1. The van der Waals surface area contributed by atoms with Crippen LogP contribution in [0.3, 0.4) is 0 Å². The van der Waals surface area contributed by atoms with Crippen molar-refractivity contribution >= 4 is 17.6 Å². The van der Waals surface area contributed by atoms with Crippen LogP contribution in [0.15, 0.2) is 34.6 Å². The SMILES string of the molecule is COC(=O)C(C(=O)OC)c1ccccc1N=NN1CCCC1. The summed E-state index contributed by atoms with van der Waals surface area (Å²) in [7, 11) is 2.46. The molecule has 2 rings (SSSR count). The molecular formula is C15H19N3O4. The van der Waals surface area contributed by atoms with Crippen molar-refractivity contribution < 1.29 is 19.1 Å². The lowest BCUT2D eigenvalue weighted by Gasteiger charge is -2.14. The van der Waals surface area contributed by atoms with Crippen LogP contribution in [0.2, 0.25) is 0 Å². The van der Waals surface area contributed by atoms with Crippen LogP contribution in [-0.2, 0) is 19.1 Å². The molecule has 22 heavy (non-hydrogen) atoms. The number of hydrogen-bond donors (Lipinski definition) is 0. The summed E-state index contributed by atoms with van der Waals surface area (Å²) in [5, 5.41) is 10.2. The van der Waals surface area contributed by atoms with E-state index >= 15 is 0 Å². The number of carbonyl (C=O) groups is 2. The summed E-state index contributed by atoms with van der Waals surface area (Å²) in [5.74, 6) is -2.53.